The van der Waals surface area contributed by atoms with Crippen LogP contribution in [0.1, 0.15) is 49.3 Å². The van der Waals surface area contributed by atoms with E-state index < -0.39 is 0 Å². The van der Waals surface area contributed by atoms with Gasteiger partial charge in [0.1, 0.15) is 5.75 Å². The standard InChI is InChI=1S/C19H31N3OS.HI/c1-3-20-19(21-12-6-7-13-24-2)22-14-17-16-9-5-4-8-15(16)10-11-18(17)23;/h10-11,23H,3-9,12-14H2,1-2H3,(H2,20,21,22);1H. The molecule has 3 N–H and O–H groups in total. The molecule has 0 spiro atoms. The molecule has 0 fully saturated rings. The molecule has 1 aliphatic carbocycles. The van der Waals surface area contributed by atoms with E-state index in [1.165, 1.54) is 36.1 Å². The van der Waals surface area contributed by atoms with Crippen LogP contribution in [-0.2, 0) is 19.4 Å². The van der Waals surface area contributed by atoms with Crippen LogP contribution in [0.3, 0.4) is 0 Å². The van der Waals surface area contributed by atoms with Crippen molar-refractivity contribution >= 4 is 41.7 Å². The fourth-order valence-electron chi connectivity index (χ4n) is 3.15. The molecule has 25 heavy (non-hydrogen) atoms. The maximum absolute atomic E-state index is 10.3. The summed E-state index contributed by atoms with van der Waals surface area (Å²) in [5, 5.41) is 17.0. The van der Waals surface area contributed by atoms with E-state index in [1.807, 2.05) is 17.8 Å². The lowest BCUT2D eigenvalue weighted by Crippen LogP contribution is -2.37. The summed E-state index contributed by atoms with van der Waals surface area (Å²) in [6.45, 7) is 4.39. The summed E-state index contributed by atoms with van der Waals surface area (Å²) >= 11 is 1.89. The number of aryl methyl sites for hydroxylation is 1. The van der Waals surface area contributed by atoms with Crippen molar-refractivity contribution < 1.29 is 5.11 Å². The Bertz CT molecular complexity index is 552. The first kappa shape index (κ1) is 22.4. The molecule has 1 aliphatic rings. The monoisotopic (exact) mass is 477 g/mol. The Balaban J connectivity index is 0.00000312. The zero-order valence-electron chi connectivity index (χ0n) is 15.4. The Hall–Kier alpha value is -0.630. The van der Waals surface area contributed by atoms with Crippen LogP contribution in [-0.4, -0.2) is 36.2 Å². The van der Waals surface area contributed by atoms with Gasteiger partial charge in [0.25, 0.3) is 0 Å². The van der Waals surface area contributed by atoms with Crippen molar-refractivity contribution in [2.75, 3.05) is 25.1 Å². The van der Waals surface area contributed by atoms with Gasteiger partial charge in [-0.25, -0.2) is 4.99 Å². The Labute approximate surface area is 173 Å². The maximum Gasteiger partial charge on any atom is 0.191 e. The van der Waals surface area contributed by atoms with E-state index in [-0.39, 0.29) is 24.0 Å². The summed E-state index contributed by atoms with van der Waals surface area (Å²) in [4.78, 5) is 4.70. The first-order chi connectivity index (χ1) is 11.8. The minimum absolute atomic E-state index is 0. The van der Waals surface area contributed by atoms with Gasteiger partial charge in [-0.1, -0.05) is 6.07 Å². The summed E-state index contributed by atoms with van der Waals surface area (Å²) in [6.07, 6.45) is 9.17. The van der Waals surface area contributed by atoms with Crippen LogP contribution in [0.4, 0.5) is 0 Å². The van der Waals surface area contributed by atoms with Crippen LogP contribution in [0.15, 0.2) is 17.1 Å². The third-order valence-electron chi connectivity index (χ3n) is 4.43. The minimum atomic E-state index is 0. The van der Waals surface area contributed by atoms with Gasteiger partial charge in [-0.15, -0.1) is 24.0 Å². The molecule has 0 bridgehead atoms. The largest absolute Gasteiger partial charge is 0.508 e. The summed E-state index contributed by atoms with van der Waals surface area (Å²) in [5.74, 6) is 2.43. The number of benzene rings is 1. The molecule has 4 nitrogen and oxygen atoms in total. The predicted molar refractivity (Wildman–Crippen MR) is 121 cm³/mol. The fourth-order valence-corrected chi connectivity index (χ4v) is 3.64. The minimum Gasteiger partial charge on any atom is -0.508 e. The number of rotatable bonds is 8. The molecule has 0 aromatic heterocycles. The smallest absolute Gasteiger partial charge is 0.191 e. The molecule has 1 aromatic carbocycles. The van der Waals surface area contributed by atoms with E-state index in [4.69, 9.17) is 4.99 Å². The molecular formula is C19H32IN3OS. The van der Waals surface area contributed by atoms with Gasteiger partial charge >= 0.3 is 0 Å². The van der Waals surface area contributed by atoms with Crippen molar-refractivity contribution in [1.29, 1.82) is 0 Å². The molecule has 0 atom stereocenters. The highest BCUT2D eigenvalue weighted by Crippen LogP contribution is 2.30. The Morgan fingerprint density at radius 1 is 1.20 bits per heavy atom. The molecule has 0 saturated heterocycles. The van der Waals surface area contributed by atoms with E-state index in [1.54, 1.807) is 0 Å². The van der Waals surface area contributed by atoms with Crippen LogP contribution in [0, 0.1) is 0 Å². The van der Waals surface area contributed by atoms with Gasteiger partial charge in [0.15, 0.2) is 5.96 Å². The number of aliphatic imine (C=N–C) groups is 1. The number of nitrogens with zero attached hydrogens (tertiary/aromatic N) is 1. The predicted octanol–water partition coefficient (Wildman–Crippen LogP) is 4.09. The molecule has 0 amide bonds. The molecule has 142 valence electrons. The molecule has 0 heterocycles. The van der Waals surface area contributed by atoms with Gasteiger partial charge in [0.05, 0.1) is 6.54 Å². The first-order valence-electron chi connectivity index (χ1n) is 9.10. The number of phenolic OH excluding ortho intramolecular Hbond substituents is 1. The Morgan fingerprint density at radius 3 is 2.76 bits per heavy atom. The van der Waals surface area contributed by atoms with Gasteiger partial charge in [0.2, 0.25) is 0 Å². The highest BCUT2D eigenvalue weighted by atomic mass is 127. The highest BCUT2D eigenvalue weighted by molar-refractivity contribution is 14.0. The van der Waals surface area contributed by atoms with Gasteiger partial charge < -0.3 is 15.7 Å². The summed E-state index contributed by atoms with van der Waals surface area (Å²) in [6, 6.07) is 3.91. The van der Waals surface area contributed by atoms with Crippen molar-refractivity contribution in [2.45, 2.75) is 52.0 Å². The summed E-state index contributed by atoms with van der Waals surface area (Å²) in [7, 11) is 0. The normalized spacial score (nSPS) is 13.8. The highest BCUT2D eigenvalue weighted by Gasteiger charge is 2.16. The van der Waals surface area contributed by atoms with Gasteiger partial charge in [-0.2, -0.15) is 11.8 Å². The number of fused-ring (bicyclic) bond motifs is 1. The SMILES string of the molecule is CCNC(=NCc1c(O)ccc2c1CCCC2)NCCCCSC.I. The van der Waals surface area contributed by atoms with Crippen molar-refractivity contribution in [3.63, 3.8) is 0 Å². The van der Waals surface area contributed by atoms with Gasteiger partial charge in [-0.3, -0.25) is 0 Å². The maximum atomic E-state index is 10.3. The fraction of sp³-hybridized carbons (Fsp3) is 0.632. The lowest BCUT2D eigenvalue weighted by Gasteiger charge is -2.20. The van der Waals surface area contributed by atoms with Crippen molar-refractivity contribution in [1.82, 2.24) is 10.6 Å². The molecule has 0 aliphatic heterocycles. The van der Waals surface area contributed by atoms with Gasteiger partial charge in [0, 0.05) is 18.7 Å². The van der Waals surface area contributed by atoms with Crippen LogP contribution < -0.4 is 10.6 Å². The number of thioether (sulfide) groups is 1. The number of aromatic hydroxyl groups is 1. The molecule has 0 unspecified atom stereocenters. The number of hydrogen-bond donors (Lipinski definition) is 3. The third-order valence-corrected chi connectivity index (χ3v) is 5.13. The molecule has 0 radical (unpaired) electrons. The van der Waals surface area contributed by atoms with E-state index in [9.17, 15) is 5.11 Å². The average molecular weight is 477 g/mol. The molecule has 1 aromatic rings. The third kappa shape index (κ3) is 7.25. The number of halogens is 1. The Kier molecular flexibility index (Phi) is 11.4. The second kappa shape index (κ2) is 12.7. The number of unbranched alkanes of at least 4 members (excludes halogenated alkanes) is 1. The topological polar surface area (TPSA) is 56.7 Å². The first-order valence-corrected chi connectivity index (χ1v) is 10.5. The van der Waals surface area contributed by atoms with Crippen LogP contribution in [0.2, 0.25) is 0 Å². The second-order valence-corrected chi connectivity index (χ2v) is 7.22. The molecule has 2 rings (SSSR count). The quantitative estimate of drug-likeness (QED) is 0.229. The van der Waals surface area contributed by atoms with E-state index >= 15 is 0 Å². The van der Waals surface area contributed by atoms with E-state index in [0.717, 1.165) is 43.9 Å². The van der Waals surface area contributed by atoms with Crippen LogP contribution in [0.5, 0.6) is 5.75 Å². The summed E-state index contributed by atoms with van der Waals surface area (Å²) < 4.78 is 0. The number of guanidine groups is 1. The van der Waals surface area contributed by atoms with Gasteiger partial charge in [-0.05, 0) is 74.7 Å². The Morgan fingerprint density at radius 2 is 2.00 bits per heavy atom. The summed E-state index contributed by atoms with van der Waals surface area (Å²) in [5.41, 5.74) is 3.71. The van der Waals surface area contributed by atoms with Crippen LogP contribution >= 0.6 is 35.7 Å². The zero-order chi connectivity index (χ0) is 17.2. The van der Waals surface area contributed by atoms with E-state index in [0.29, 0.717) is 12.3 Å². The number of hydrogen-bond acceptors (Lipinski definition) is 3. The van der Waals surface area contributed by atoms with Crippen molar-refractivity contribution in [3.8, 4) is 5.75 Å². The van der Waals surface area contributed by atoms with Crippen molar-refractivity contribution in [2.24, 2.45) is 4.99 Å². The number of nitrogens with one attached hydrogen (secondary N) is 2. The average Bonchev–Trinajstić information content (AvgIpc) is 2.60. The second-order valence-electron chi connectivity index (χ2n) is 6.23. The molecular weight excluding hydrogens is 445 g/mol. The lowest BCUT2D eigenvalue weighted by molar-refractivity contribution is 0.465. The van der Waals surface area contributed by atoms with Crippen LogP contribution in [0.25, 0.3) is 0 Å². The molecule has 6 heteroatoms. The molecule has 0 saturated carbocycles. The van der Waals surface area contributed by atoms with Crippen molar-refractivity contribution in [3.05, 3.63) is 28.8 Å². The lowest BCUT2D eigenvalue weighted by atomic mass is 9.88. The zero-order valence-corrected chi connectivity index (χ0v) is 18.6. The van der Waals surface area contributed by atoms with E-state index in [2.05, 4.69) is 29.9 Å². The number of phenols is 1.